The standard InChI is InChI=1S/C27H28N4O6/c1-2-3-16-37-22-7-4-6-20(17-22)25(32)23-24(19-8-10-21(11-9-19)31(35)36)30(27(34)26(23)33)14-5-13-29-15-12-28-18-29/h4,6-12,15,17-18,24,32H,2-3,5,13-14,16H2,1H3. The lowest BCUT2D eigenvalue weighted by atomic mass is 9.95. The summed E-state index contributed by atoms with van der Waals surface area (Å²) in [5.74, 6) is -1.31. The molecular formula is C27H28N4O6. The minimum atomic E-state index is -0.895. The molecule has 192 valence electrons. The topological polar surface area (TPSA) is 128 Å². The zero-order valence-corrected chi connectivity index (χ0v) is 20.4. The van der Waals surface area contributed by atoms with Crippen LogP contribution in [-0.2, 0) is 16.1 Å². The highest BCUT2D eigenvalue weighted by Crippen LogP contribution is 2.40. The number of likely N-dealkylation sites (tertiary alicyclic amines) is 1. The zero-order valence-electron chi connectivity index (χ0n) is 20.4. The van der Waals surface area contributed by atoms with Gasteiger partial charge in [-0.2, -0.15) is 0 Å². The summed E-state index contributed by atoms with van der Waals surface area (Å²) in [4.78, 5) is 42.4. The number of imidazole rings is 1. The number of aromatic nitrogens is 2. The van der Waals surface area contributed by atoms with Crippen molar-refractivity contribution in [1.29, 1.82) is 0 Å². The molecule has 1 aliphatic heterocycles. The summed E-state index contributed by atoms with van der Waals surface area (Å²) in [6.07, 6.45) is 7.51. The molecule has 1 unspecified atom stereocenters. The van der Waals surface area contributed by atoms with Gasteiger partial charge >= 0.3 is 0 Å². The van der Waals surface area contributed by atoms with Gasteiger partial charge in [0, 0.05) is 43.2 Å². The molecule has 1 aromatic heterocycles. The number of rotatable bonds is 11. The van der Waals surface area contributed by atoms with E-state index in [1.54, 1.807) is 43.0 Å². The molecule has 3 aromatic rings. The Hall–Kier alpha value is -4.47. The SMILES string of the molecule is CCCCOc1cccc(C(O)=C2C(=O)C(=O)N(CCCn3ccnc3)C2c2ccc([N+](=O)[O-])cc2)c1. The van der Waals surface area contributed by atoms with Crippen molar-refractivity contribution in [2.75, 3.05) is 13.2 Å². The zero-order chi connectivity index (χ0) is 26.4. The van der Waals surface area contributed by atoms with Gasteiger partial charge in [-0.3, -0.25) is 19.7 Å². The van der Waals surface area contributed by atoms with Crippen LogP contribution < -0.4 is 4.74 Å². The first-order valence-corrected chi connectivity index (χ1v) is 12.1. The number of carbonyl (C=O) groups excluding carboxylic acids is 2. The summed E-state index contributed by atoms with van der Waals surface area (Å²) in [6.45, 7) is 3.39. The van der Waals surface area contributed by atoms with Crippen LogP contribution in [0.2, 0.25) is 0 Å². The van der Waals surface area contributed by atoms with E-state index in [4.69, 9.17) is 4.74 Å². The van der Waals surface area contributed by atoms with Crippen molar-refractivity contribution in [2.24, 2.45) is 0 Å². The minimum Gasteiger partial charge on any atom is -0.507 e. The maximum Gasteiger partial charge on any atom is 0.295 e. The maximum absolute atomic E-state index is 13.2. The van der Waals surface area contributed by atoms with Crippen molar-refractivity contribution in [3.8, 4) is 5.75 Å². The van der Waals surface area contributed by atoms with Crippen LogP contribution in [0, 0.1) is 10.1 Å². The number of hydrogen-bond donors (Lipinski definition) is 1. The number of nitro groups is 1. The first-order valence-electron chi connectivity index (χ1n) is 12.1. The van der Waals surface area contributed by atoms with Crippen molar-refractivity contribution < 1.29 is 24.4 Å². The minimum absolute atomic E-state index is 0.0628. The fraction of sp³-hybridized carbons (Fsp3) is 0.296. The first kappa shape index (κ1) is 25.6. The Labute approximate surface area is 214 Å². The Kier molecular flexibility index (Phi) is 7.97. The number of benzene rings is 2. The summed E-state index contributed by atoms with van der Waals surface area (Å²) < 4.78 is 7.60. The van der Waals surface area contributed by atoms with Crippen LogP contribution in [-0.4, -0.2) is 49.3 Å². The second kappa shape index (κ2) is 11.5. The number of nitro benzene ring substituents is 1. The van der Waals surface area contributed by atoms with Crippen LogP contribution >= 0.6 is 0 Å². The van der Waals surface area contributed by atoms with Gasteiger partial charge < -0.3 is 19.3 Å². The van der Waals surface area contributed by atoms with Crippen molar-refractivity contribution in [1.82, 2.24) is 14.5 Å². The molecule has 4 rings (SSSR count). The molecule has 1 amide bonds. The van der Waals surface area contributed by atoms with E-state index >= 15 is 0 Å². The van der Waals surface area contributed by atoms with Crippen LogP contribution in [0.1, 0.15) is 43.4 Å². The number of non-ortho nitro benzene ring substituents is 1. The predicted octanol–water partition coefficient (Wildman–Crippen LogP) is 4.48. The van der Waals surface area contributed by atoms with Crippen LogP contribution in [0.5, 0.6) is 5.75 Å². The number of ether oxygens (including phenoxy) is 1. The molecule has 1 fully saturated rings. The van der Waals surface area contributed by atoms with Gasteiger partial charge in [-0.25, -0.2) is 4.98 Å². The van der Waals surface area contributed by atoms with Crippen LogP contribution in [0.4, 0.5) is 5.69 Å². The second-order valence-electron chi connectivity index (χ2n) is 8.73. The van der Waals surface area contributed by atoms with Crippen LogP contribution in [0.3, 0.4) is 0 Å². The molecule has 1 saturated heterocycles. The largest absolute Gasteiger partial charge is 0.507 e. The number of carbonyl (C=O) groups is 2. The number of aryl methyl sites for hydroxylation is 1. The molecule has 1 aliphatic rings. The van der Waals surface area contributed by atoms with Gasteiger partial charge in [0.1, 0.15) is 11.5 Å². The molecule has 0 aliphatic carbocycles. The molecule has 0 bridgehead atoms. The van der Waals surface area contributed by atoms with Gasteiger partial charge in [-0.15, -0.1) is 0 Å². The van der Waals surface area contributed by atoms with Crippen molar-refractivity contribution in [3.63, 3.8) is 0 Å². The fourth-order valence-corrected chi connectivity index (χ4v) is 4.30. The number of Topliss-reactive ketones (excluding diaryl/α,β-unsaturated/α-hetero) is 1. The van der Waals surface area contributed by atoms with Gasteiger partial charge in [-0.1, -0.05) is 25.5 Å². The third-order valence-corrected chi connectivity index (χ3v) is 6.21. The molecule has 1 atom stereocenters. The van der Waals surface area contributed by atoms with E-state index in [9.17, 15) is 24.8 Å². The third kappa shape index (κ3) is 5.69. The van der Waals surface area contributed by atoms with Gasteiger partial charge in [-0.05, 0) is 42.7 Å². The highest BCUT2D eigenvalue weighted by molar-refractivity contribution is 6.46. The number of ketones is 1. The summed E-state index contributed by atoms with van der Waals surface area (Å²) in [7, 11) is 0. The quantitative estimate of drug-likeness (QED) is 0.102. The van der Waals surface area contributed by atoms with Crippen molar-refractivity contribution in [2.45, 2.75) is 38.8 Å². The number of amides is 1. The maximum atomic E-state index is 13.2. The molecule has 2 aromatic carbocycles. The van der Waals surface area contributed by atoms with E-state index in [0.717, 1.165) is 12.8 Å². The Morgan fingerprint density at radius 3 is 2.59 bits per heavy atom. The van der Waals surface area contributed by atoms with E-state index < -0.39 is 22.7 Å². The van der Waals surface area contributed by atoms with E-state index in [2.05, 4.69) is 11.9 Å². The Bertz CT molecular complexity index is 1300. The summed E-state index contributed by atoms with van der Waals surface area (Å²) in [5.41, 5.74) is 0.659. The lowest BCUT2D eigenvalue weighted by molar-refractivity contribution is -0.384. The first-order chi connectivity index (χ1) is 17.9. The highest BCUT2D eigenvalue weighted by Gasteiger charge is 2.45. The van der Waals surface area contributed by atoms with Crippen molar-refractivity contribution in [3.05, 3.63) is 94.1 Å². The van der Waals surface area contributed by atoms with E-state index in [1.165, 1.54) is 29.2 Å². The van der Waals surface area contributed by atoms with Gasteiger partial charge in [0.2, 0.25) is 0 Å². The Morgan fingerprint density at radius 2 is 1.92 bits per heavy atom. The number of aliphatic hydroxyl groups excluding tert-OH is 1. The monoisotopic (exact) mass is 504 g/mol. The van der Waals surface area contributed by atoms with Crippen LogP contribution in [0.15, 0.2) is 72.8 Å². The normalized spacial score (nSPS) is 16.8. The smallest absolute Gasteiger partial charge is 0.295 e. The highest BCUT2D eigenvalue weighted by atomic mass is 16.6. The molecule has 0 saturated carbocycles. The molecule has 10 heteroatoms. The summed E-state index contributed by atoms with van der Waals surface area (Å²) in [6, 6.07) is 11.5. The summed E-state index contributed by atoms with van der Waals surface area (Å²) in [5, 5.41) is 22.4. The van der Waals surface area contributed by atoms with Crippen molar-refractivity contribution >= 4 is 23.1 Å². The van der Waals surface area contributed by atoms with Gasteiger partial charge in [0.15, 0.2) is 0 Å². The van der Waals surface area contributed by atoms with E-state index in [1.807, 2.05) is 4.57 Å². The molecular weight excluding hydrogens is 476 g/mol. The van der Waals surface area contributed by atoms with E-state index in [-0.39, 0.29) is 23.6 Å². The number of aliphatic hydroxyl groups is 1. The van der Waals surface area contributed by atoms with Gasteiger partial charge in [0.25, 0.3) is 17.4 Å². The molecule has 1 N–H and O–H groups in total. The second-order valence-corrected chi connectivity index (χ2v) is 8.73. The molecule has 0 radical (unpaired) electrons. The fourth-order valence-electron chi connectivity index (χ4n) is 4.30. The average molecular weight is 505 g/mol. The molecule has 10 nitrogen and oxygen atoms in total. The van der Waals surface area contributed by atoms with Crippen LogP contribution in [0.25, 0.3) is 5.76 Å². The third-order valence-electron chi connectivity index (χ3n) is 6.21. The average Bonchev–Trinajstić information content (AvgIpc) is 3.51. The molecule has 0 spiro atoms. The van der Waals surface area contributed by atoms with Gasteiger partial charge in [0.05, 0.1) is 29.5 Å². The number of unbranched alkanes of at least 4 members (excludes halogenated alkanes) is 1. The predicted molar refractivity (Wildman–Crippen MR) is 136 cm³/mol. The Balaban J connectivity index is 1.71. The summed E-state index contributed by atoms with van der Waals surface area (Å²) >= 11 is 0. The molecule has 2 heterocycles. The Morgan fingerprint density at radius 1 is 1.14 bits per heavy atom. The molecule has 37 heavy (non-hydrogen) atoms. The number of nitrogens with zero attached hydrogens (tertiary/aromatic N) is 4. The lowest BCUT2D eigenvalue weighted by Crippen LogP contribution is -2.31. The lowest BCUT2D eigenvalue weighted by Gasteiger charge is -2.25. The van der Waals surface area contributed by atoms with E-state index in [0.29, 0.717) is 36.4 Å². The number of hydrogen-bond acceptors (Lipinski definition) is 7.